The third-order valence-electron chi connectivity index (χ3n) is 3.39. The molecule has 0 bridgehead atoms. The largest absolute Gasteiger partial charge is 0.491 e. The van der Waals surface area contributed by atoms with Crippen molar-refractivity contribution < 1.29 is 14.3 Å². The first-order chi connectivity index (χ1) is 11.8. The van der Waals surface area contributed by atoms with Crippen molar-refractivity contribution in [2.75, 3.05) is 0 Å². The molecule has 2 rings (SSSR count). The molecule has 3 nitrogen and oxygen atoms in total. The van der Waals surface area contributed by atoms with Crippen LogP contribution in [0.1, 0.15) is 39.7 Å². The summed E-state index contributed by atoms with van der Waals surface area (Å²) in [7, 11) is 0. The molecule has 0 fully saturated rings. The van der Waals surface area contributed by atoms with Gasteiger partial charge >= 0.3 is 0 Å². The van der Waals surface area contributed by atoms with Crippen LogP contribution in [0, 0.1) is 0 Å². The summed E-state index contributed by atoms with van der Waals surface area (Å²) in [5.41, 5.74) is 1.50. The summed E-state index contributed by atoms with van der Waals surface area (Å²) in [6.45, 7) is 7.89. The van der Waals surface area contributed by atoms with E-state index in [0.29, 0.717) is 17.7 Å². The van der Waals surface area contributed by atoms with Crippen molar-refractivity contribution in [3.8, 4) is 11.5 Å². The van der Waals surface area contributed by atoms with Gasteiger partial charge in [-0.25, -0.2) is 0 Å². The number of allylic oxidation sites excluding steroid dienone is 5. The molecule has 1 aliphatic rings. The zero-order valence-electron chi connectivity index (χ0n) is 15.1. The fourth-order valence-electron chi connectivity index (χ4n) is 2.33. The lowest BCUT2D eigenvalue weighted by atomic mass is 10.0. The van der Waals surface area contributed by atoms with Crippen molar-refractivity contribution in [1.29, 1.82) is 0 Å². The predicted molar refractivity (Wildman–Crippen MR) is 106 cm³/mol. The van der Waals surface area contributed by atoms with E-state index in [2.05, 4.69) is 0 Å². The second kappa shape index (κ2) is 8.77. The first-order valence-corrected chi connectivity index (χ1v) is 8.87. The number of carbonyl (C=O) groups is 1. The third-order valence-corrected chi connectivity index (χ3v) is 3.69. The van der Waals surface area contributed by atoms with E-state index >= 15 is 0 Å². The minimum absolute atomic E-state index is 0.0298. The van der Waals surface area contributed by atoms with Gasteiger partial charge in [0.15, 0.2) is 5.78 Å². The number of benzene rings is 1. The van der Waals surface area contributed by atoms with Gasteiger partial charge in [-0.2, -0.15) is 0 Å². The molecule has 25 heavy (non-hydrogen) atoms. The van der Waals surface area contributed by atoms with Gasteiger partial charge in [-0.1, -0.05) is 24.4 Å². The molecule has 0 heterocycles. The number of ketones is 1. The van der Waals surface area contributed by atoms with Crippen molar-refractivity contribution in [2.24, 2.45) is 0 Å². The normalized spacial score (nSPS) is 14.3. The Bertz CT molecular complexity index is 740. The van der Waals surface area contributed by atoms with E-state index in [0.717, 1.165) is 16.2 Å². The van der Waals surface area contributed by atoms with Gasteiger partial charge in [0.25, 0.3) is 0 Å². The molecule has 0 N–H and O–H groups in total. The van der Waals surface area contributed by atoms with Crippen LogP contribution in [-0.2, 0) is 4.79 Å². The van der Waals surface area contributed by atoms with E-state index in [9.17, 15) is 4.79 Å². The standard InChI is InChI=1S/C21H24O3S/c1-14(2)23-18-9-5-17(21(13-18)24-15(3)4)8-12-20(22)16-6-10-19(25)11-7-16/h5-10,12-15H,11H2,1-4H3. The molecule has 0 saturated carbocycles. The van der Waals surface area contributed by atoms with Crippen LogP contribution in [-0.4, -0.2) is 22.9 Å². The van der Waals surface area contributed by atoms with Crippen LogP contribution in [0.4, 0.5) is 0 Å². The van der Waals surface area contributed by atoms with Crippen LogP contribution in [0.3, 0.4) is 0 Å². The topological polar surface area (TPSA) is 35.5 Å². The summed E-state index contributed by atoms with van der Waals surface area (Å²) in [5, 5.41) is 0. The molecule has 0 amide bonds. The first kappa shape index (κ1) is 19.1. The van der Waals surface area contributed by atoms with Gasteiger partial charge in [0.2, 0.25) is 0 Å². The summed E-state index contributed by atoms with van der Waals surface area (Å²) in [6.07, 6.45) is 9.54. The van der Waals surface area contributed by atoms with E-state index < -0.39 is 0 Å². The van der Waals surface area contributed by atoms with Crippen molar-refractivity contribution in [1.82, 2.24) is 0 Å². The highest BCUT2D eigenvalue weighted by atomic mass is 32.1. The summed E-state index contributed by atoms with van der Waals surface area (Å²) in [4.78, 5) is 13.2. The van der Waals surface area contributed by atoms with Crippen LogP contribution in [0.5, 0.6) is 11.5 Å². The van der Waals surface area contributed by atoms with E-state index in [1.807, 2.05) is 58.0 Å². The maximum absolute atomic E-state index is 12.3. The Hall–Kier alpha value is -2.20. The average Bonchev–Trinajstić information content (AvgIpc) is 2.53. The van der Waals surface area contributed by atoms with Crippen LogP contribution >= 0.6 is 12.2 Å². The zero-order chi connectivity index (χ0) is 18.4. The SMILES string of the molecule is CC(C)Oc1ccc(C=CC(=O)C2=CCC(=S)C=C2)c(OC(C)C)c1. The fourth-order valence-corrected chi connectivity index (χ4v) is 2.48. The predicted octanol–water partition coefficient (Wildman–Crippen LogP) is 5.10. The maximum atomic E-state index is 12.3. The summed E-state index contributed by atoms with van der Waals surface area (Å²) < 4.78 is 11.6. The third kappa shape index (κ3) is 5.98. The number of hydrogen-bond acceptors (Lipinski definition) is 4. The molecule has 132 valence electrons. The van der Waals surface area contributed by atoms with Crippen LogP contribution in [0.25, 0.3) is 6.08 Å². The highest BCUT2D eigenvalue weighted by molar-refractivity contribution is 7.80. The minimum atomic E-state index is -0.0447. The molecule has 0 atom stereocenters. The molecular formula is C21H24O3S. The zero-order valence-corrected chi connectivity index (χ0v) is 15.9. The van der Waals surface area contributed by atoms with Gasteiger partial charge in [-0.05, 0) is 58.1 Å². The van der Waals surface area contributed by atoms with Crippen LogP contribution < -0.4 is 9.47 Å². The van der Waals surface area contributed by atoms with Crippen molar-refractivity contribution in [3.63, 3.8) is 0 Å². The van der Waals surface area contributed by atoms with Gasteiger partial charge in [-0.15, -0.1) is 0 Å². The second-order valence-corrected chi connectivity index (χ2v) is 6.92. The summed E-state index contributed by atoms with van der Waals surface area (Å²) in [5.74, 6) is 1.41. The van der Waals surface area contributed by atoms with Gasteiger partial charge in [0.05, 0.1) is 12.2 Å². The lowest BCUT2D eigenvalue weighted by Gasteiger charge is -2.16. The first-order valence-electron chi connectivity index (χ1n) is 8.46. The van der Waals surface area contributed by atoms with Gasteiger partial charge in [-0.3, -0.25) is 4.79 Å². The fraction of sp³-hybridized carbons (Fsp3) is 0.333. The second-order valence-electron chi connectivity index (χ2n) is 6.39. The summed E-state index contributed by atoms with van der Waals surface area (Å²) in [6, 6.07) is 5.65. The smallest absolute Gasteiger partial charge is 0.185 e. The van der Waals surface area contributed by atoms with Crippen LogP contribution in [0.15, 0.2) is 48.1 Å². The Morgan fingerprint density at radius 2 is 1.84 bits per heavy atom. The molecule has 0 aliphatic heterocycles. The van der Waals surface area contributed by atoms with Gasteiger partial charge < -0.3 is 9.47 Å². The molecule has 1 aliphatic carbocycles. The van der Waals surface area contributed by atoms with Crippen LogP contribution in [0.2, 0.25) is 0 Å². The number of carbonyl (C=O) groups excluding carboxylic acids is 1. The Labute approximate surface area is 155 Å². The Morgan fingerprint density at radius 1 is 1.12 bits per heavy atom. The molecule has 0 aromatic heterocycles. The van der Waals surface area contributed by atoms with Gasteiger partial charge in [0.1, 0.15) is 11.5 Å². The minimum Gasteiger partial charge on any atom is -0.491 e. The van der Waals surface area contributed by atoms with E-state index in [4.69, 9.17) is 21.7 Å². The Morgan fingerprint density at radius 3 is 2.44 bits per heavy atom. The molecule has 0 saturated heterocycles. The molecule has 0 unspecified atom stereocenters. The van der Waals surface area contributed by atoms with E-state index in [-0.39, 0.29) is 18.0 Å². The number of thiocarbonyl (C=S) groups is 1. The highest BCUT2D eigenvalue weighted by Gasteiger charge is 2.10. The lowest BCUT2D eigenvalue weighted by Crippen LogP contribution is -2.09. The number of ether oxygens (including phenoxy) is 2. The molecular weight excluding hydrogens is 332 g/mol. The Kier molecular flexibility index (Phi) is 6.71. The van der Waals surface area contributed by atoms with Gasteiger partial charge in [0, 0.05) is 28.5 Å². The quantitative estimate of drug-likeness (QED) is 0.503. The average molecular weight is 356 g/mol. The highest BCUT2D eigenvalue weighted by Crippen LogP contribution is 2.28. The molecule has 0 spiro atoms. The molecule has 4 heteroatoms. The van der Waals surface area contributed by atoms with Crippen molar-refractivity contribution >= 4 is 28.9 Å². The summed E-state index contributed by atoms with van der Waals surface area (Å²) >= 11 is 5.10. The van der Waals surface area contributed by atoms with E-state index in [1.165, 1.54) is 0 Å². The van der Waals surface area contributed by atoms with Crippen molar-refractivity contribution in [3.05, 3.63) is 53.6 Å². The molecule has 0 radical (unpaired) electrons. The maximum Gasteiger partial charge on any atom is 0.185 e. The van der Waals surface area contributed by atoms with Crippen molar-refractivity contribution in [2.45, 2.75) is 46.3 Å². The number of rotatable bonds is 7. The lowest BCUT2D eigenvalue weighted by molar-refractivity contribution is -0.111. The van der Waals surface area contributed by atoms with E-state index in [1.54, 1.807) is 18.2 Å². The Balaban J connectivity index is 2.20. The number of hydrogen-bond donors (Lipinski definition) is 0. The molecule has 1 aromatic rings. The molecule has 1 aromatic carbocycles. The monoisotopic (exact) mass is 356 g/mol.